The highest BCUT2D eigenvalue weighted by molar-refractivity contribution is 7.91. The number of alkyl halides is 1. The second-order valence-electron chi connectivity index (χ2n) is 5.24. The molecular formula is C14H20ClNO2S. The zero-order valence-electron chi connectivity index (χ0n) is 11.5. The molecule has 1 aromatic rings. The SMILES string of the molecule is CC(C)(C)[S+]([O-])/N=C(/CCCCl)c1ccc(O)cc1. The number of benzene rings is 1. The number of nitrogens with zero attached hydrogens (tertiary/aromatic N) is 1. The molecule has 0 amide bonds. The standard InChI is InChI=1S/C14H20ClNO2S/c1-14(2,3)19(18)16-13(5-4-10-15)11-6-8-12(17)9-7-11/h6-9,17H,4-5,10H2,1-3H3/b16-13-. The van der Waals surface area contributed by atoms with Gasteiger partial charge in [0.25, 0.3) is 0 Å². The molecule has 1 aromatic carbocycles. The minimum absolute atomic E-state index is 0.206. The average Bonchev–Trinajstić information content (AvgIpc) is 2.34. The van der Waals surface area contributed by atoms with Crippen LogP contribution in [0.4, 0.5) is 0 Å². The van der Waals surface area contributed by atoms with Crippen LogP contribution in [0.5, 0.6) is 5.75 Å². The molecule has 106 valence electrons. The van der Waals surface area contributed by atoms with Gasteiger partial charge in [0.05, 0.1) is 5.71 Å². The lowest BCUT2D eigenvalue weighted by Gasteiger charge is -2.19. The van der Waals surface area contributed by atoms with Crippen molar-refractivity contribution in [3.63, 3.8) is 0 Å². The molecule has 0 fully saturated rings. The van der Waals surface area contributed by atoms with Crippen molar-refractivity contribution in [2.45, 2.75) is 38.4 Å². The van der Waals surface area contributed by atoms with Gasteiger partial charge in [0.15, 0.2) is 0 Å². The third-order valence-electron chi connectivity index (χ3n) is 2.46. The van der Waals surface area contributed by atoms with Gasteiger partial charge < -0.3 is 9.66 Å². The second-order valence-corrected chi connectivity index (χ2v) is 7.52. The maximum absolute atomic E-state index is 12.1. The van der Waals surface area contributed by atoms with E-state index in [1.807, 2.05) is 20.8 Å². The summed E-state index contributed by atoms with van der Waals surface area (Å²) in [5.41, 5.74) is 1.65. The van der Waals surface area contributed by atoms with Crippen LogP contribution in [0.3, 0.4) is 0 Å². The number of phenolic OH excluding ortho intramolecular Hbond substituents is 1. The summed E-state index contributed by atoms with van der Waals surface area (Å²) in [6, 6.07) is 6.77. The van der Waals surface area contributed by atoms with Gasteiger partial charge in [-0.15, -0.1) is 11.6 Å². The predicted octanol–water partition coefficient (Wildman–Crippen LogP) is 3.66. The van der Waals surface area contributed by atoms with Crippen molar-refractivity contribution >= 4 is 28.7 Å². The first kappa shape index (κ1) is 16.3. The van der Waals surface area contributed by atoms with Crippen molar-refractivity contribution in [3.8, 4) is 5.75 Å². The van der Waals surface area contributed by atoms with Gasteiger partial charge in [-0.1, -0.05) is 4.40 Å². The second kappa shape index (κ2) is 7.17. The van der Waals surface area contributed by atoms with Crippen LogP contribution < -0.4 is 0 Å². The number of halogens is 1. The smallest absolute Gasteiger partial charge is 0.144 e. The van der Waals surface area contributed by atoms with E-state index in [2.05, 4.69) is 4.40 Å². The number of phenols is 1. The molecule has 0 bridgehead atoms. The zero-order chi connectivity index (χ0) is 14.5. The molecular weight excluding hydrogens is 282 g/mol. The van der Waals surface area contributed by atoms with Crippen LogP contribution in [-0.2, 0) is 11.4 Å². The summed E-state index contributed by atoms with van der Waals surface area (Å²) < 4.78 is 16.1. The Kier molecular flexibility index (Phi) is 6.17. The maximum atomic E-state index is 12.1. The highest BCUT2D eigenvalue weighted by Gasteiger charge is 2.27. The normalized spacial score (nSPS) is 14.5. The highest BCUT2D eigenvalue weighted by atomic mass is 35.5. The van der Waals surface area contributed by atoms with Crippen molar-refractivity contribution in [2.75, 3.05) is 5.88 Å². The van der Waals surface area contributed by atoms with Crippen LogP contribution in [0.1, 0.15) is 39.2 Å². The molecule has 0 saturated carbocycles. The van der Waals surface area contributed by atoms with Gasteiger partial charge in [-0.2, -0.15) is 0 Å². The van der Waals surface area contributed by atoms with Gasteiger partial charge in [-0.3, -0.25) is 0 Å². The first-order chi connectivity index (χ1) is 8.84. The Labute approximate surface area is 123 Å². The summed E-state index contributed by atoms with van der Waals surface area (Å²) in [6.07, 6.45) is 1.46. The number of hydrogen-bond donors (Lipinski definition) is 1. The van der Waals surface area contributed by atoms with E-state index in [1.165, 1.54) is 0 Å². The van der Waals surface area contributed by atoms with Crippen molar-refractivity contribution in [1.82, 2.24) is 0 Å². The molecule has 0 aliphatic heterocycles. The Morgan fingerprint density at radius 3 is 2.37 bits per heavy atom. The van der Waals surface area contributed by atoms with Gasteiger partial charge >= 0.3 is 0 Å². The summed E-state index contributed by atoms with van der Waals surface area (Å²) in [5.74, 6) is 0.747. The molecule has 3 nitrogen and oxygen atoms in total. The van der Waals surface area contributed by atoms with Crippen molar-refractivity contribution < 1.29 is 9.66 Å². The van der Waals surface area contributed by atoms with Crippen molar-refractivity contribution in [1.29, 1.82) is 0 Å². The molecule has 0 saturated heterocycles. The third kappa shape index (κ3) is 5.43. The lowest BCUT2D eigenvalue weighted by molar-refractivity contribution is 0.475. The zero-order valence-corrected chi connectivity index (χ0v) is 13.1. The fourth-order valence-corrected chi connectivity index (χ4v) is 2.17. The molecule has 1 unspecified atom stereocenters. The van der Waals surface area contributed by atoms with E-state index in [1.54, 1.807) is 24.3 Å². The van der Waals surface area contributed by atoms with E-state index < -0.39 is 11.4 Å². The average molecular weight is 302 g/mol. The van der Waals surface area contributed by atoms with Gasteiger partial charge in [0.2, 0.25) is 0 Å². The summed E-state index contributed by atoms with van der Waals surface area (Å²) in [5, 5.41) is 9.30. The van der Waals surface area contributed by atoms with E-state index in [4.69, 9.17) is 11.6 Å². The molecule has 0 aliphatic rings. The van der Waals surface area contributed by atoms with Gasteiger partial charge in [-0.25, -0.2) is 0 Å². The number of aromatic hydroxyl groups is 1. The maximum Gasteiger partial charge on any atom is 0.144 e. The third-order valence-corrected chi connectivity index (χ3v) is 4.17. The molecule has 0 radical (unpaired) electrons. The lowest BCUT2D eigenvalue weighted by atomic mass is 10.1. The first-order valence-corrected chi connectivity index (χ1v) is 7.83. The lowest BCUT2D eigenvalue weighted by Crippen LogP contribution is -2.27. The monoisotopic (exact) mass is 301 g/mol. The van der Waals surface area contributed by atoms with Crippen LogP contribution in [0.25, 0.3) is 0 Å². The Morgan fingerprint density at radius 1 is 1.32 bits per heavy atom. The van der Waals surface area contributed by atoms with Gasteiger partial charge in [0, 0.05) is 11.4 Å². The summed E-state index contributed by atoms with van der Waals surface area (Å²) in [4.78, 5) is 0. The van der Waals surface area contributed by atoms with Crippen LogP contribution in [0.2, 0.25) is 0 Å². The Bertz CT molecular complexity index is 426. The topological polar surface area (TPSA) is 55.7 Å². The molecule has 19 heavy (non-hydrogen) atoms. The van der Waals surface area contributed by atoms with E-state index in [0.29, 0.717) is 12.3 Å². The predicted molar refractivity (Wildman–Crippen MR) is 82.5 cm³/mol. The fraction of sp³-hybridized carbons (Fsp3) is 0.500. The highest BCUT2D eigenvalue weighted by Crippen LogP contribution is 2.20. The molecule has 5 heteroatoms. The van der Waals surface area contributed by atoms with Crippen molar-refractivity contribution in [2.24, 2.45) is 4.40 Å². The largest absolute Gasteiger partial charge is 0.591 e. The Balaban J connectivity index is 3.00. The quantitative estimate of drug-likeness (QED) is 0.512. The minimum atomic E-state index is -1.29. The molecule has 1 atom stereocenters. The Morgan fingerprint density at radius 2 is 1.89 bits per heavy atom. The van der Waals surface area contributed by atoms with Crippen LogP contribution in [0, 0.1) is 0 Å². The van der Waals surface area contributed by atoms with E-state index in [0.717, 1.165) is 17.7 Å². The Hall–Kier alpha value is -0.710. The van der Waals surface area contributed by atoms with E-state index in [9.17, 15) is 9.66 Å². The number of rotatable bonds is 5. The molecule has 0 aromatic heterocycles. The van der Waals surface area contributed by atoms with E-state index in [-0.39, 0.29) is 10.5 Å². The minimum Gasteiger partial charge on any atom is -0.591 e. The van der Waals surface area contributed by atoms with Crippen LogP contribution in [-0.4, -0.2) is 26.0 Å². The van der Waals surface area contributed by atoms with Crippen molar-refractivity contribution in [3.05, 3.63) is 29.8 Å². The molecule has 0 aliphatic carbocycles. The molecule has 1 rings (SSSR count). The summed E-state index contributed by atoms with van der Waals surface area (Å²) >= 11 is 4.42. The molecule has 1 N–H and O–H groups in total. The van der Waals surface area contributed by atoms with Crippen LogP contribution >= 0.6 is 11.6 Å². The molecule has 0 spiro atoms. The van der Waals surface area contributed by atoms with Gasteiger partial charge in [-0.05, 0) is 57.9 Å². The van der Waals surface area contributed by atoms with E-state index >= 15 is 0 Å². The van der Waals surface area contributed by atoms with Crippen LogP contribution in [0.15, 0.2) is 28.7 Å². The summed E-state index contributed by atoms with van der Waals surface area (Å²) in [7, 11) is 0. The van der Waals surface area contributed by atoms with Gasteiger partial charge in [0.1, 0.15) is 21.9 Å². The summed E-state index contributed by atoms with van der Waals surface area (Å²) in [6.45, 7) is 5.67. The fourth-order valence-electron chi connectivity index (χ4n) is 1.37. The molecule has 0 heterocycles. The first-order valence-electron chi connectivity index (χ1n) is 6.19. The number of hydrogen-bond acceptors (Lipinski definition) is 3.